The van der Waals surface area contributed by atoms with Gasteiger partial charge in [0.05, 0.1) is 19.7 Å². The lowest BCUT2D eigenvalue weighted by Gasteiger charge is -2.46. The molecule has 6 nitrogen and oxygen atoms in total. The highest BCUT2D eigenvalue weighted by atomic mass is 16.5. The van der Waals surface area contributed by atoms with Crippen LogP contribution in [0.1, 0.15) is 25.5 Å². The highest BCUT2D eigenvalue weighted by molar-refractivity contribution is 5.69. The first-order valence-electron chi connectivity index (χ1n) is 6.74. The smallest absolute Gasteiger partial charge is 0.317 e. The summed E-state index contributed by atoms with van der Waals surface area (Å²) in [5.74, 6) is 0.119. The van der Waals surface area contributed by atoms with Crippen LogP contribution in [0.5, 0.6) is 11.5 Å². The number of aliphatic hydroxyl groups excluding tert-OH is 1. The number of carboxylic acid groups (broad SMARTS) is 1. The lowest BCUT2D eigenvalue weighted by Crippen LogP contribution is -2.57. The average Bonchev–Trinajstić information content (AvgIpc) is 2.36. The molecule has 2 atom stereocenters. The quantitative estimate of drug-likeness (QED) is 0.871. The van der Waals surface area contributed by atoms with Crippen molar-refractivity contribution in [2.75, 3.05) is 20.7 Å². The number of aliphatic hydroxyl groups is 1. The number of fused-ring (bicyclic) bond motifs is 1. The van der Waals surface area contributed by atoms with Gasteiger partial charge in [-0.25, -0.2) is 0 Å². The van der Waals surface area contributed by atoms with Gasteiger partial charge in [-0.1, -0.05) is 12.1 Å². The van der Waals surface area contributed by atoms with Crippen LogP contribution in [0.3, 0.4) is 0 Å². The van der Waals surface area contributed by atoms with Gasteiger partial charge in [-0.15, -0.1) is 0 Å². The molecule has 0 aliphatic carbocycles. The molecular weight excluding hydrogens is 274 g/mol. The van der Waals surface area contributed by atoms with Gasteiger partial charge in [0.1, 0.15) is 11.7 Å². The maximum Gasteiger partial charge on any atom is 0.317 e. The predicted octanol–water partition coefficient (Wildman–Crippen LogP) is 1.28. The Labute approximate surface area is 123 Å². The fourth-order valence-corrected chi connectivity index (χ4v) is 2.99. The fraction of sp³-hybridized carbons (Fsp3) is 0.533. The summed E-state index contributed by atoms with van der Waals surface area (Å²) in [5, 5.41) is 19.7. The highest BCUT2D eigenvalue weighted by Crippen LogP contribution is 2.46. The minimum absolute atomic E-state index is 0.173. The van der Waals surface area contributed by atoms with Crippen molar-refractivity contribution in [3.63, 3.8) is 0 Å². The van der Waals surface area contributed by atoms with Gasteiger partial charge in [-0.3, -0.25) is 9.69 Å². The lowest BCUT2D eigenvalue weighted by atomic mass is 9.85. The predicted molar refractivity (Wildman–Crippen MR) is 76.7 cm³/mol. The number of ether oxygens (including phenoxy) is 2. The van der Waals surface area contributed by atoms with Crippen LogP contribution in [0, 0.1) is 0 Å². The number of nitrogens with zero attached hydrogens (tertiary/aromatic N) is 1. The van der Waals surface area contributed by atoms with Crippen LogP contribution >= 0.6 is 0 Å². The summed E-state index contributed by atoms with van der Waals surface area (Å²) < 4.78 is 11.3. The summed E-state index contributed by atoms with van der Waals surface area (Å²) in [5.41, 5.74) is -0.151. The molecule has 0 radical (unpaired) electrons. The average molecular weight is 295 g/mol. The molecule has 2 N–H and O–H groups in total. The lowest BCUT2D eigenvalue weighted by molar-refractivity contribution is -0.142. The van der Waals surface area contributed by atoms with Crippen LogP contribution in [0.15, 0.2) is 18.2 Å². The van der Waals surface area contributed by atoms with E-state index in [1.807, 2.05) is 13.8 Å². The number of para-hydroxylation sites is 1. The second-order valence-corrected chi connectivity index (χ2v) is 5.78. The molecule has 0 aromatic heterocycles. The number of hydrogen-bond donors (Lipinski definition) is 2. The molecule has 2 rings (SSSR count). The molecule has 21 heavy (non-hydrogen) atoms. The normalized spacial score (nSPS) is 23.3. The van der Waals surface area contributed by atoms with E-state index in [-0.39, 0.29) is 6.54 Å². The number of hydrogen-bond acceptors (Lipinski definition) is 5. The molecule has 0 saturated carbocycles. The molecule has 116 valence electrons. The topological polar surface area (TPSA) is 79.2 Å². The molecular formula is C15H21NO5. The largest absolute Gasteiger partial charge is 0.493 e. The fourth-order valence-electron chi connectivity index (χ4n) is 2.99. The molecule has 1 aliphatic rings. The van der Waals surface area contributed by atoms with Gasteiger partial charge in [0.2, 0.25) is 0 Å². The first-order chi connectivity index (χ1) is 9.77. The zero-order valence-electron chi connectivity index (χ0n) is 12.7. The SMILES string of the molecule is COc1cccc2c1OC(C)(C)C(N(C)CC(=O)O)C2O. The van der Waals surface area contributed by atoms with E-state index in [0.717, 1.165) is 0 Å². The Hall–Kier alpha value is -1.79. The molecule has 0 spiro atoms. The Balaban J connectivity index is 2.43. The Morgan fingerprint density at radius 2 is 2.14 bits per heavy atom. The van der Waals surface area contributed by atoms with E-state index in [1.165, 1.54) is 0 Å². The summed E-state index contributed by atoms with van der Waals surface area (Å²) in [7, 11) is 3.21. The van der Waals surface area contributed by atoms with Crippen molar-refractivity contribution < 1.29 is 24.5 Å². The van der Waals surface area contributed by atoms with Crippen molar-refractivity contribution in [3.05, 3.63) is 23.8 Å². The Morgan fingerprint density at radius 3 is 2.71 bits per heavy atom. The van der Waals surface area contributed by atoms with E-state index in [9.17, 15) is 9.90 Å². The zero-order chi connectivity index (χ0) is 15.8. The van der Waals surface area contributed by atoms with E-state index in [1.54, 1.807) is 37.3 Å². The van der Waals surface area contributed by atoms with Crippen LogP contribution in [0.4, 0.5) is 0 Å². The van der Waals surface area contributed by atoms with Crippen molar-refractivity contribution in [1.29, 1.82) is 0 Å². The molecule has 2 unspecified atom stereocenters. The number of carboxylic acids is 1. The van der Waals surface area contributed by atoms with Crippen molar-refractivity contribution in [1.82, 2.24) is 4.90 Å². The van der Waals surface area contributed by atoms with E-state index in [2.05, 4.69) is 0 Å². The van der Waals surface area contributed by atoms with Crippen LogP contribution < -0.4 is 9.47 Å². The van der Waals surface area contributed by atoms with Gasteiger partial charge in [-0.05, 0) is 27.0 Å². The maximum atomic E-state index is 10.9. The number of benzene rings is 1. The summed E-state index contributed by atoms with van der Waals surface area (Å²) in [4.78, 5) is 12.5. The minimum atomic E-state index is -0.947. The van der Waals surface area contributed by atoms with Crippen LogP contribution in [0.2, 0.25) is 0 Å². The molecule has 1 aromatic carbocycles. The zero-order valence-corrected chi connectivity index (χ0v) is 12.7. The maximum absolute atomic E-state index is 10.9. The number of carbonyl (C=O) groups is 1. The van der Waals surface area contributed by atoms with Crippen LogP contribution in [-0.4, -0.2) is 53.4 Å². The van der Waals surface area contributed by atoms with Gasteiger partial charge in [-0.2, -0.15) is 0 Å². The van der Waals surface area contributed by atoms with Crippen LogP contribution in [-0.2, 0) is 4.79 Å². The third kappa shape index (κ3) is 2.82. The summed E-state index contributed by atoms with van der Waals surface area (Å²) in [6, 6.07) is 4.83. The molecule has 0 amide bonds. The number of methoxy groups -OCH3 is 1. The van der Waals surface area contributed by atoms with Crippen molar-refractivity contribution in [3.8, 4) is 11.5 Å². The standard InChI is InChI=1S/C15H21NO5/c1-15(2)14(16(3)8-11(17)18)12(19)9-6-5-7-10(20-4)13(9)21-15/h5-7,12,14,19H,8H2,1-4H3,(H,17,18). The number of aliphatic carboxylic acids is 1. The van der Waals surface area contributed by atoms with E-state index in [4.69, 9.17) is 14.6 Å². The molecule has 0 fully saturated rings. The van der Waals surface area contributed by atoms with Crippen molar-refractivity contribution in [2.24, 2.45) is 0 Å². The van der Waals surface area contributed by atoms with Crippen molar-refractivity contribution in [2.45, 2.75) is 31.6 Å². The van der Waals surface area contributed by atoms with Gasteiger partial charge < -0.3 is 19.7 Å². The first-order valence-corrected chi connectivity index (χ1v) is 6.74. The van der Waals surface area contributed by atoms with Gasteiger partial charge in [0, 0.05) is 5.56 Å². The van der Waals surface area contributed by atoms with Gasteiger partial charge >= 0.3 is 5.97 Å². The minimum Gasteiger partial charge on any atom is -0.493 e. The highest BCUT2D eigenvalue weighted by Gasteiger charge is 2.46. The number of rotatable bonds is 4. The first kappa shape index (κ1) is 15.6. The summed E-state index contributed by atoms with van der Waals surface area (Å²) in [6.45, 7) is 3.48. The van der Waals surface area contributed by atoms with Gasteiger partial charge in [0.15, 0.2) is 11.5 Å². The molecule has 1 aromatic rings. The second kappa shape index (κ2) is 5.54. The third-order valence-corrected chi connectivity index (χ3v) is 3.78. The Morgan fingerprint density at radius 1 is 1.48 bits per heavy atom. The Bertz CT molecular complexity index is 543. The van der Waals surface area contributed by atoms with E-state index >= 15 is 0 Å². The molecule has 0 bridgehead atoms. The van der Waals surface area contributed by atoms with Gasteiger partial charge in [0.25, 0.3) is 0 Å². The second-order valence-electron chi connectivity index (χ2n) is 5.78. The van der Waals surface area contributed by atoms with Crippen LogP contribution in [0.25, 0.3) is 0 Å². The summed E-state index contributed by atoms with van der Waals surface area (Å²) >= 11 is 0. The summed E-state index contributed by atoms with van der Waals surface area (Å²) in [6.07, 6.45) is -0.858. The third-order valence-electron chi connectivity index (χ3n) is 3.78. The molecule has 1 heterocycles. The molecule has 6 heteroatoms. The van der Waals surface area contributed by atoms with E-state index < -0.39 is 23.7 Å². The van der Waals surface area contributed by atoms with E-state index in [0.29, 0.717) is 17.1 Å². The number of likely N-dealkylation sites (N-methyl/N-ethyl adjacent to an activating group) is 1. The molecule has 1 aliphatic heterocycles. The molecule has 0 saturated heterocycles. The Kier molecular flexibility index (Phi) is 4.11. The monoisotopic (exact) mass is 295 g/mol. The van der Waals surface area contributed by atoms with Crippen molar-refractivity contribution >= 4 is 5.97 Å².